The van der Waals surface area contributed by atoms with Gasteiger partial charge in [0.25, 0.3) is 0 Å². The van der Waals surface area contributed by atoms with E-state index in [4.69, 9.17) is 11.6 Å². The van der Waals surface area contributed by atoms with Crippen molar-refractivity contribution in [2.45, 2.75) is 20.0 Å². The Morgan fingerprint density at radius 1 is 1.28 bits per heavy atom. The number of aliphatic hydroxyl groups is 1. The molecule has 2 aromatic carbocycles. The van der Waals surface area contributed by atoms with E-state index in [0.717, 1.165) is 0 Å². The Balaban J connectivity index is 2.19. The summed E-state index contributed by atoms with van der Waals surface area (Å²) in [6.07, 6.45) is 2.27. The van der Waals surface area contributed by atoms with Crippen molar-refractivity contribution in [3.8, 4) is 5.69 Å². The molecule has 0 aliphatic rings. The van der Waals surface area contributed by atoms with E-state index < -0.39 is 5.82 Å². The Morgan fingerprint density at radius 2 is 2.04 bits per heavy atom. The number of rotatable bonds is 5. The number of imidazole rings is 1. The minimum atomic E-state index is -0.567. The summed E-state index contributed by atoms with van der Waals surface area (Å²) in [5.41, 5.74) is 1.31. The summed E-state index contributed by atoms with van der Waals surface area (Å²) < 4.78 is 16.0. The molecular formula is C19H16ClFN2O2. The van der Waals surface area contributed by atoms with Gasteiger partial charge in [-0.1, -0.05) is 36.7 Å². The zero-order chi connectivity index (χ0) is 18.0. The average molecular weight is 359 g/mol. The Kier molecular flexibility index (Phi) is 4.97. The van der Waals surface area contributed by atoms with Gasteiger partial charge in [0, 0.05) is 22.3 Å². The number of hydrogen-bond acceptors (Lipinski definition) is 3. The fraction of sp³-hybridized carbons (Fsp3) is 0.158. The fourth-order valence-corrected chi connectivity index (χ4v) is 2.87. The zero-order valence-corrected chi connectivity index (χ0v) is 14.3. The molecule has 128 valence electrons. The van der Waals surface area contributed by atoms with E-state index in [2.05, 4.69) is 4.98 Å². The van der Waals surface area contributed by atoms with E-state index in [-0.39, 0.29) is 29.5 Å². The number of halogens is 2. The third kappa shape index (κ3) is 3.34. The molecule has 0 unspecified atom stereocenters. The molecule has 0 aliphatic heterocycles. The molecular weight excluding hydrogens is 343 g/mol. The number of carbonyl (C=O) groups excluding carboxylic acids is 1. The summed E-state index contributed by atoms with van der Waals surface area (Å²) in [5, 5.41) is 9.98. The Morgan fingerprint density at radius 3 is 2.72 bits per heavy atom. The van der Waals surface area contributed by atoms with Gasteiger partial charge in [-0.2, -0.15) is 0 Å². The Bertz CT molecular complexity index is 937. The van der Waals surface area contributed by atoms with Gasteiger partial charge in [-0.05, 0) is 30.7 Å². The van der Waals surface area contributed by atoms with E-state index in [9.17, 15) is 14.3 Å². The van der Waals surface area contributed by atoms with Crippen LogP contribution in [0.15, 0.2) is 48.7 Å². The van der Waals surface area contributed by atoms with Gasteiger partial charge in [-0.25, -0.2) is 9.37 Å². The summed E-state index contributed by atoms with van der Waals surface area (Å²) in [4.78, 5) is 17.2. The lowest BCUT2D eigenvalue weighted by Crippen LogP contribution is -2.11. The molecule has 1 heterocycles. The molecule has 3 rings (SSSR count). The predicted octanol–water partition coefficient (Wildman–Crippen LogP) is 3.95. The summed E-state index contributed by atoms with van der Waals surface area (Å²) in [6, 6.07) is 10.8. The lowest BCUT2D eigenvalue weighted by molar-refractivity contribution is 0.103. The van der Waals surface area contributed by atoms with E-state index >= 15 is 0 Å². The van der Waals surface area contributed by atoms with E-state index in [1.807, 2.05) is 6.92 Å². The summed E-state index contributed by atoms with van der Waals surface area (Å²) in [5.74, 6) is -0.641. The van der Waals surface area contributed by atoms with Crippen molar-refractivity contribution >= 4 is 17.4 Å². The number of carbonyl (C=O) groups is 1. The molecule has 0 aliphatic carbocycles. The maximum absolute atomic E-state index is 14.6. The number of nitrogens with zero attached hydrogens (tertiary/aromatic N) is 2. The second-order valence-corrected chi connectivity index (χ2v) is 5.94. The van der Waals surface area contributed by atoms with Gasteiger partial charge in [0.15, 0.2) is 5.78 Å². The fourth-order valence-electron chi connectivity index (χ4n) is 2.68. The average Bonchev–Trinajstić information content (AvgIpc) is 3.04. The lowest BCUT2D eigenvalue weighted by Gasteiger charge is -2.13. The SMILES string of the molecule is CCc1cn(-c2c(F)cccc2C(=O)c2cccc(Cl)c2)c(CO)n1. The van der Waals surface area contributed by atoms with Crippen molar-refractivity contribution < 1.29 is 14.3 Å². The van der Waals surface area contributed by atoms with Crippen LogP contribution >= 0.6 is 11.6 Å². The van der Waals surface area contributed by atoms with E-state index in [0.29, 0.717) is 22.7 Å². The van der Waals surface area contributed by atoms with Crippen molar-refractivity contribution in [1.29, 1.82) is 0 Å². The van der Waals surface area contributed by atoms with Crippen LogP contribution in [-0.2, 0) is 13.0 Å². The molecule has 0 amide bonds. The van der Waals surface area contributed by atoms with Crippen molar-refractivity contribution in [3.63, 3.8) is 0 Å². The molecule has 0 bridgehead atoms. The van der Waals surface area contributed by atoms with Crippen LogP contribution in [0.3, 0.4) is 0 Å². The first-order valence-corrected chi connectivity index (χ1v) is 8.20. The van der Waals surface area contributed by atoms with E-state index in [1.165, 1.54) is 22.8 Å². The molecule has 3 aromatic rings. The van der Waals surface area contributed by atoms with Gasteiger partial charge in [0.2, 0.25) is 0 Å². The lowest BCUT2D eigenvalue weighted by atomic mass is 10.0. The third-order valence-corrected chi connectivity index (χ3v) is 4.13. The van der Waals surface area contributed by atoms with Crippen LogP contribution in [0.25, 0.3) is 5.69 Å². The van der Waals surface area contributed by atoms with Crippen LogP contribution in [0.5, 0.6) is 0 Å². The number of aliphatic hydroxyl groups excluding tert-OH is 1. The number of ketones is 1. The Labute approximate surface area is 149 Å². The predicted molar refractivity (Wildman–Crippen MR) is 93.7 cm³/mol. The highest BCUT2D eigenvalue weighted by Gasteiger charge is 2.21. The topological polar surface area (TPSA) is 55.1 Å². The van der Waals surface area contributed by atoms with Crippen LogP contribution in [-0.4, -0.2) is 20.4 Å². The van der Waals surface area contributed by atoms with Crippen LogP contribution in [0.4, 0.5) is 4.39 Å². The minimum absolute atomic E-state index is 0.0729. The molecule has 0 radical (unpaired) electrons. The molecule has 0 saturated carbocycles. The van der Waals surface area contributed by atoms with Crippen LogP contribution < -0.4 is 0 Å². The quantitative estimate of drug-likeness (QED) is 0.702. The second-order valence-electron chi connectivity index (χ2n) is 5.51. The van der Waals surface area contributed by atoms with Crippen LogP contribution in [0.2, 0.25) is 5.02 Å². The smallest absolute Gasteiger partial charge is 0.195 e. The monoisotopic (exact) mass is 358 g/mol. The third-order valence-electron chi connectivity index (χ3n) is 3.89. The molecule has 1 aromatic heterocycles. The highest BCUT2D eigenvalue weighted by atomic mass is 35.5. The second kappa shape index (κ2) is 7.17. The van der Waals surface area contributed by atoms with Crippen LogP contribution in [0, 0.1) is 5.82 Å². The van der Waals surface area contributed by atoms with Crippen molar-refractivity contribution in [3.05, 3.63) is 82.1 Å². The number of para-hydroxylation sites is 1. The molecule has 4 nitrogen and oxygen atoms in total. The first kappa shape index (κ1) is 17.3. The number of hydrogen-bond donors (Lipinski definition) is 1. The highest BCUT2D eigenvalue weighted by Crippen LogP contribution is 2.25. The molecule has 1 N–H and O–H groups in total. The number of aromatic nitrogens is 2. The van der Waals surface area contributed by atoms with Gasteiger partial charge in [0.05, 0.1) is 11.4 Å². The minimum Gasteiger partial charge on any atom is -0.388 e. The highest BCUT2D eigenvalue weighted by molar-refractivity contribution is 6.31. The first-order valence-electron chi connectivity index (χ1n) is 7.82. The molecule has 6 heteroatoms. The molecule has 0 spiro atoms. The maximum atomic E-state index is 14.6. The molecule has 0 saturated heterocycles. The van der Waals surface area contributed by atoms with Gasteiger partial charge in [-0.3, -0.25) is 9.36 Å². The molecule has 25 heavy (non-hydrogen) atoms. The van der Waals surface area contributed by atoms with E-state index in [1.54, 1.807) is 30.5 Å². The van der Waals surface area contributed by atoms with Crippen LogP contribution in [0.1, 0.15) is 34.4 Å². The van der Waals surface area contributed by atoms with Crippen molar-refractivity contribution in [2.75, 3.05) is 0 Å². The zero-order valence-electron chi connectivity index (χ0n) is 13.5. The summed E-state index contributed by atoms with van der Waals surface area (Å²) in [6.45, 7) is 1.55. The summed E-state index contributed by atoms with van der Waals surface area (Å²) in [7, 11) is 0. The Hall–Kier alpha value is -2.50. The van der Waals surface area contributed by atoms with Crippen molar-refractivity contribution in [2.24, 2.45) is 0 Å². The molecule has 0 atom stereocenters. The largest absolute Gasteiger partial charge is 0.388 e. The number of benzene rings is 2. The van der Waals surface area contributed by atoms with Gasteiger partial charge < -0.3 is 5.11 Å². The van der Waals surface area contributed by atoms with Crippen molar-refractivity contribution in [1.82, 2.24) is 9.55 Å². The van der Waals surface area contributed by atoms with Gasteiger partial charge in [0.1, 0.15) is 18.2 Å². The first-order chi connectivity index (χ1) is 12.0. The maximum Gasteiger partial charge on any atom is 0.195 e. The van der Waals surface area contributed by atoms with Gasteiger partial charge >= 0.3 is 0 Å². The summed E-state index contributed by atoms with van der Waals surface area (Å²) >= 11 is 5.96. The number of aryl methyl sites for hydroxylation is 1. The standard InChI is InChI=1S/C19H16ClFN2O2/c1-2-14-10-23(17(11-24)22-14)18-15(7-4-8-16(18)21)19(25)12-5-3-6-13(20)9-12/h3-10,24H,2,11H2,1H3. The van der Waals surface area contributed by atoms with Gasteiger partial charge in [-0.15, -0.1) is 0 Å². The molecule has 0 fully saturated rings. The normalized spacial score (nSPS) is 10.9.